The molecule has 1 aromatic heterocycles. The molecule has 0 bridgehead atoms. The smallest absolute Gasteiger partial charge is 0.255 e. The van der Waals surface area contributed by atoms with Crippen LogP contribution in [-0.2, 0) is 0 Å². The molecule has 0 radical (unpaired) electrons. The number of phenols is 1. The number of carbonyl (C=O) groups excluding carboxylic acids is 1. The second kappa shape index (κ2) is 7.31. The average Bonchev–Trinajstić information content (AvgIpc) is 3.07. The number of aromatic nitrogens is 1. The fourth-order valence-electron chi connectivity index (χ4n) is 3.79. The molecule has 2 heterocycles. The van der Waals surface area contributed by atoms with Gasteiger partial charge in [0.25, 0.3) is 5.91 Å². The van der Waals surface area contributed by atoms with Gasteiger partial charge in [-0.2, -0.15) is 4.37 Å². The fraction of sp³-hybridized carbons (Fsp3) is 0.300. The Kier molecular flexibility index (Phi) is 4.99. The van der Waals surface area contributed by atoms with E-state index in [1.807, 2.05) is 18.7 Å². The molecule has 3 aromatic rings. The predicted octanol–water partition coefficient (Wildman–Crippen LogP) is 4.28. The first kappa shape index (κ1) is 19.1. The van der Waals surface area contributed by atoms with Crippen molar-refractivity contribution in [2.45, 2.75) is 25.9 Å². The molecule has 1 fully saturated rings. The number of nitrogens with zero attached hydrogens (tertiary/aromatic N) is 2. The fourth-order valence-corrected chi connectivity index (χ4v) is 4.83. The third kappa shape index (κ3) is 3.45. The largest absolute Gasteiger partial charge is 0.508 e. The highest BCUT2D eigenvalue weighted by molar-refractivity contribution is 7.13. The van der Waals surface area contributed by atoms with Gasteiger partial charge in [-0.1, -0.05) is 11.6 Å². The molecule has 0 unspecified atom stereocenters. The van der Waals surface area contributed by atoms with Crippen molar-refractivity contribution >= 4 is 39.1 Å². The molecule has 8 heteroatoms. The Bertz CT molecular complexity index is 1040. The van der Waals surface area contributed by atoms with Crippen LogP contribution in [0.25, 0.3) is 21.2 Å². The van der Waals surface area contributed by atoms with Crippen molar-refractivity contribution in [3.05, 3.63) is 46.9 Å². The normalized spacial score (nSPS) is 19.9. The number of amides is 1. The van der Waals surface area contributed by atoms with Crippen molar-refractivity contribution in [2.75, 3.05) is 13.1 Å². The lowest BCUT2D eigenvalue weighted by atomic mass is 9.99. The first-order chi connectivity index (χ1) is 13.3. The van der Waals surface area contributed by atoms with Crippen LogP contribution < -0.4 is 5.32 Å². The number of carbonyl (C=O) groups is 1. The molecule has 2 aromatic carbocycles. The average molecular weight is 420 g/mol. The van der Waals surface area contributed by atoms with Gasteiger partial charge in [-0.25, -0.2) is 4.39 Å². The molecule has 4 rings (SSSR count). The van der Waals surface area contributed by atoms with Crippen LogP contribution in [0.4, 0.5) is 4.39 Å². The summed E-state index contributed by atoms with van der Waals surface area (Å²) in [4.78, 5) is 15.1. The topological polar surface area (TPSA) is 65.5 Å². The van der Waals surface area contributed by atoms with Crippen LogP contribution in [-0.4, -0.2) is 45.5 Å². The summed E-state index contributed by atoms with van der Waals surface area (Å²) in [5.74, 6) is -0.994. The maximum Gasteiger partial charge on any atom is 0.255 e. The summed E-state index contributed by atoms with van der Waals surface area (Å²) in [5, 5.41) is 13.8. The number of benzene rings is 2. The van der Waals surface area contributed by atoms with Crippen molar-refractivity contribution in [1.29, 1.82) is 0 Å². The van der Waals surface area contributed by atoms with Crippen LogP contribution >= 0.6 is 23.1 Å². The quantitative estimate of drug-likeness (QED) is 0.650. The minimum Gasteiger partial charge on any atom is -0.508 e. The van der Waals surface area contributed by atoms with Crippen molar-refractivity contribution in [1.82, 2.24) is 14.6 Å². The first-order valence-electron chi connectivity index (χ1n) is 8.95. The van der Waals surface area contributed by atoms with Crippen LogP contribution in [0.1, 0.15) is 24.2 Å². The van der Waals surface area contributed by atoms with E-state index in [2.05, 4.69) is 9.69 Å². The van der Waals surface area contributed by atoms with Crippen molar-refractivity contribution in [3.63, 3.8) is 0 Å². The number of hydrogen-bond donors (Lipinski definition) is 2. The summed E-state index contributed by atoms with van der Waals surface area (Å²) >= 11 is 7.44. The molecule has 0 spiro atoms. The maximum atomic E-state index is 14.6. The lowest BCUT2D eigenvalue weighted by molar-refractivity contribution is 0.0676. The SMILES string of the molecule is C[C@@H]1CN(C(=O)c2cc(-c3c(F)cc(O)cc3Cl)cc3cnsc23)C[C@H](C)N1. The first-order valence-corrected chi connectivity index (χ1v) is 10.1. The van der Waals surface area contributed by atoms with Crippen molar-refractivity contribution < 1.29 is 14.3 Å². The Morgan fingerprint density at radius 2 is 2.00 bits per heavy atom. The monoisotopic (exact) mass is 419 g/mol. The summed E-state index contributed by atoms with van der Waals surface area (Å²) < 4.78 is 19.5. The summed E-state index contributed by atoms with van der Waals surface area (Å²) in [6.07, 6.45) is 1.66. The van der Waals surface area contributed by atoms with Gasteiger partial charge in [-0.15, -0.1) is 0 Å². The van der Waals surface area contributed by atoms with Gasteiger partial charge in [0.15, 0.2) is 0 Å². The summed E-state index contributed by atoms with van der Waals surface area (Å²) in [5.41, 5.74) is 1.12. The van der Waals surface area contributed by atoms with Gasteiger partial charge in [0, 0.05) is 48.4 Å². The zero-order valence-electron chi connectivity index (χ0n) is 15.4. The van der Waals surface area contributed by atoms with Gasteiger partial charge in [0.05, 0.1) is 15.3 Å². The second-order valence-corrected chi connectivity index (χ2v) is 8.44. The molecular formula is C20H19ClFN3O2S. The molecule has 1 amide bonds. The van der Waals surface area contributed by atoms with Gasteiger partial charge < -0.3 is 15.3 Å². The minimum atomic E-state index is -0.643. The number of aromatic hydroxyl groups is 1. The highest BCUT2D eigenvalue weighted by Gasteiger charge is 2.28. The Hall–Kier alpha value is -2.22. The molecule has 28 heavy (non-hydrogen) atoms. The van der Waals surface area contributed by atoms with Crippen LogP contribution in [0, 0.1) is 5.82 Å². The number of fused-ring (bicyclic) bond motifs is 1. The van der Waals surface area contributed by atoms with E-state index >= 15 is 0 Å². The predicted molar refractivity (Wildman–Crippen MR) is 110 cm³/mol. The number of nitrogens with one attached hydrogen (secondary N) is 1. The van der Waals surface area contributed by atoms with Crippen LogP contribution in [0.3, 0.4) is 0 Å². The number of rotatable bonds is 2. The number of piperazine rings is 1. The van der Waals surface area contributed by atoms with Crippen LogP contribution in [0.15, 0.2) is 30.5 Å². The molecule has 0 aliphatic carbocycles. The summed E-state index contributed by atoms with van der Waals surface area (Å²) in [6, 6.07) is 6.12. The molecule has 1 saturated heterocycles. The molecular weight excluding hydrogens is 401 g/mol. The van der Waals surface area contributed by atoms with E-state index in [0.717, 1.165) is 16.2 Å². The summed E-state index contributed by atoms with van der Waals surface area (Å²) in [7, 11) is 0. The molecule has 2 atom stereocenters. The van der Waals surface area contributed by atoms with Gasteiger partial charge in [0.1, 0.15) is 11.6 Å². The number of phenolic OH excluding ortho intramolecular Hbond substituents is 1. The van der Waals surface area contributed by atoms with E-state index < -0.39 is 5.82 Å². The number of halogens is 2. The number of hydrogen-bond acceptors (Lipinski definition) is 5. The van der Waals surface area contributed by atoms with Crippen molar-refractivity contribution in [2.24, 2.45) is 0 Å². The van der Waals surface area contributed by atoms with Gasteiger partial charge in [0.2, 0.25) is 0 Å². The van der Waals surface area contributed by atoms with E-state index in [1.54, 1.807) is 18.3 Å². The van der Waals surface area contributed by atoms with E-state index in [1.165, 1.54) is 17.6 Å². The van der Waals surface area contributed by atoms with Gasteiger partial charge in [-0.3, -0.25) is 4.79 Å². The highest BCUT2D eigenvalue weighted by Crippen LogP contribution is 2.37. The van der Waals surface area contributed by atoms with E-state index in [9.17, 15) is 14.3 Å². The third-order valence-electron chi connectivity index (χ3n) is 4.84. The Morgan fingerprint density at radius 3 is 2.68 bits per heavy atom. The molecule has 5 nitrogen and oxygen atoms in total. The Labute approximate surface area is 170 Å². The van der Waals surface area contributed by atoms with Gasteiger partial charge in [-0.05, 0) is 49.1 Å². The lowest BCUT2D eigenvalue weighted by Crippen LogP contribution is -2.55. The Balaban J connectivity index is 1.84. The maximum absolute atomic E-state index is 14.6. The van der Waals surface area contributed by atoms with E-state index in [0.29, 0.717) is 24.2 Å². The lowest BCUT2D eigenvalue weighted by Gasteiger charge is -2.36. The molecule has 146 valence electrons. The van der Waals surface area contributed by atoms with Crippen molar-refractivity contribution in [3.8, 4) is 16.9 Å². The standard InChI is InChI=1S/C20H19ClFN3O2S/c1-10-8-25(9-11(2)24-10)20(27)15-4-12(3-13-7-23-28-19(13)15)18-16(21)5-14(26)6-17(18)22/h3-7,10-11,24,26H,8-9H2,1-2H3/t10-,11+. The minimum absolute atomic E-state index is 0.0860. The van der Waals surface area contributed by atoms with E-state index in [4.69, 9.17) is 11.6 Å². The molecule has 1 aliphatic rings. The van der Waals surface area contributed by atoms with Crippen LogP contribution in [0.5, 0.6) is 5.75 Å². The second-order valence-electron chi connectivity index (χ2n) is 7.23. The van der Waals surface area contributed by atoms with Crippen LogP contribution in [0.2, 0.25) is 5.02 Å². The van der Waals surface area contributed by atoms with Gasteiger partial charge >= 0.3 is 0 Å². The molecule has 2 N–H and O–H groups in total. The van der Waals surface area contributed by atoms with E-state index in [-0.39, 0.29) is 34.3 Å². The molecule has 1 aliphatic heterocycles. The zero-order chi connectivity index (χ0) is 20.0. The summed E-state index contributed by atoms with van der Waals surface area (Å²) in [6.45, 7) is 5.28. The molecule has 0 saturated carbocycles. The highest BCUT2D eigenvalue weighted by atomic mass is 35.5. The third-order valence-corrected chi connectivity index (χ3v) is 5.99. The zero-order valence-corrected chi connectivity index (χ0v) is 16.9. The Morgan fingerprint density at radius 1 is 1.29 bits per heavy atom.